The molecule has 0 amide bonds. The Morgan fingerprint density at radius 2 is 1.80 bits per heavy atom. The summed E-state index contributed by atoms with van der Waals surface area (Å²) in [5.74, 6) is 0.653. The van der Waals surface area contributed by atoms with Gasteiger partial charge in [0.25, 0.3) is 0 Å². The summed E-state index contributed by atoms with van der Waals surface area (Å²) in [5.41, 5.74) is 1.32. The van der Waals surface area contributed by atoms with E-state index >= 15 is 0 Å². The SMILES string of the molecule is CC(C)C(CBr)NCc1ccc(Br)cc1. The maximum atomic E-state index is 3.54. The fraction of sp³-hybridized carbons (Fsp3) is 0.500. The van der Waals surface area contributed by atoms with Crippen molar-refractivity contribution in [2.75, 3.05) is 5.33 Å². The summed E-state index contributed by atoms with van der Waals surface area (Å²) in [6.45, 7) is 5.41. The first kappa shape index (κ1) is 13.2. The molecule has 1 unspecified atom stereocenters. The van der Waals surface area contributed by atoms with Crippen molar-refractivity contribution in [3.63, 3.8) is 0 Å². The van der Waals surface area contributed by atoms with Crippen LogP contribution in [0.2, 0.25) is 0 Å². The third-order valence-corrected chi connectivity index (χ3v) is 3.68. The summed E-state index contributed by atoms with van der Waals surface area (Å²) in [4.78, 5) is 0. The summed E-state index contributed by atoms with van der Waals surface area (Å²) < 4.78 is 1.13. The molecule has 1 rings (SSSR count). The Morgan fingerprint density at radius 1 is 1.20 bits per heavy atom. The highest BCUT2D eigenvalue weighted by Gasteiger charge is 2.10. The van der Waals surface area contributed by atoms with Crippen molar-refractivity contribution in [3.8, 4) is 0 Å². The second-order valence-corrected chi connectivity index (χ2v) is 5.58. The highest BCUT2D eigenvalue weighted by molar-refractivity contribution is 9.10. The number of rotatable bonds is 5. The minimum absolute atomic E-state index is 0.536. The van der Waals surface area contributed by atoms with Gasteiger partial charge in [-0.3, -0.25) is 0 Å². The zero-order valence-corrected chi connectivity index (χ0v) is 12.3. The molecule has 0 aliphatic carbocycles. The number of nitrogens with one attached hydrogen (secondary N) is 1. The van der Waals surface area contributed by atoms with Crippen LogP contribution < -0.4 is 5.32 Å². The Balaban J connectivity index is 2.45. The van der Waals surface area contributed by atoms with Crippen LogP contribution in [0.1, 0.15) is 19.4 Å². The fourth-order valence-corrected chi connectivity index (χ4v) is 2.56. The average molecular weight is 335 g/mol. The molecule has 1 N–H and O–H groups in total. The summed E-state index contributed by atoms with van der Waals surface area (Å²) in [7, 11) is 0. The van der Waals surface area contributed by atoms with Crippen LogP contribution in [0.15, 0.2) is 28.7 Å². The summed E-state index contributed by atoms with van der Waals surface area (Å²) in [6, 6.07) is 8.98. The van der Waals surface area contributed by atoms with Crippen molar-refractivity contribution in [3.05, 3.63) is 34.3 Å². The van der Waals surface area contributed by atoms with Crippen LogP contribution in [-0.4, -0.2) is 11.4 Å². The predicted octanol–water partition coefficient (Wildman–Crippen LogP) is 3.96. The van der Waals surface area contributed by atoms with Crippen molar-refractivity contribution < 1.29 is 0 Å². The quantitative estimate of drug-likeness (QED) is 0.804. The van der Waals surface area contributed by atoms with Gasteiger partial charge in [-0.05, 0) is 23.6 Å². The molecule has 0 saturated carbocycles. The van der Waals surface area contributed by atoms with Gasteiger partial charge in [-0.2, -0.15) is 0 Å². The first-order valence-corrected chi connectivity index (χ1v) is 7.08. The van der Waals surface area contributed by atoms with Gasteiger partial charge in [0, 0.05) is 22.4 Å². The lowest BCUT2D eigenvalue weighted by Gasteiger charge is -2.19. The molecule has 0 spiro atoms. The van der Waals surface area contributed by atoms with E-state index in [4.69, 9.17) is 0 Å². The van der Waals surface area contributed by atoms with Gasteiger partial charge in [0.2, 0.25) is 0 Å². The Kier molecular flexibility index (Phi) is 5.87. The molecule has 1 aromatic rings. The van der Waals surface area contributed by atoms with E-state index < -0.39 is 0 Å². The number of halogens is 2. The van der Waals surface area contributed by atoms with Crippen molar-refractivity contribution in [1.29, 1.82) is 0 Å². The van der Waals surface area contributed by atoms with Crippen molar-refractivity contribution in [2.45, 2.75) is 26.4 Å². The molecule has 1 aromatic carbocycles. The first-order chi connectivity index (χ1) is 7.13. The van der Waals surface area contributed by atoms with Crippen LogP contribution in [0.25, 0.3) is 0 Å². The highest BCUT2D eigenvalue weighted by Crippen LogP contribution is 2.11. The third kappa shape index (κ3) is 4.66. The smallest absolute Gasteiger partial charge is 0.0208 e. The second-order valence-electron chi connectivity index (χ2n) is 4.01. The monoisotopic (exact) mass is 333 g/mol. The van der Waals surface area contributed by atoms with Crippen LogP contribution in [0, 0.1) is 5.92 Å². The summed E-state index contributed by atoms with van der Waals surface area (Å²) >= 11 is 6.97. The first-order valence-electron chi connectivity index (χ1n) is 5.17. The minimum atomic E-state index is 0.536. The molecule has 84 valence electrons. The molecule has 0 fully saturated rings. The van der Waals surface area contributed by atoms with E-state index in [-0.39, 0.29) is 0 Å². The van der Waals surface area contributed by atoms with Crippen LogP contribution in [0.5, 0.6) is 0 Å². The van der Waals surface area contributed by atoms with Gasteiger partial charge < -0.3 is 5.32 Å². The Hall–Kier alpha value is 0.140. The summed E-state index contributed by atoms with van der Waals surface area (Å²) in [5, 5.41) is 4.54. The van der Waals surface area contributed by atoms with E-state index in [0.717, 1.165) is 16.3 Å². The molecule has 0 heterocycles. The zero-order chi connectivity index (χ0) is 11.3. The largest absolute Gasteiger partial charge is 0.309 e. The molecule has 3 heteroatoms. The predicted molar refractivity (Wildman–Crippen MR) is 73.4 cm³/mol. The van der Waals surface area contributed by atoms with E-state index in [2.05, 4.69) is 75.3 Å². The number of hydrogen-bond acceptors (Lipinski definition) is 1. The Morgan fingerprint density at radius 3 is 2.27 bits per heavy atom. The van der Waals surface area contributed by atoms with Gasteiger partial charge in [0.1, 0.15) is 0 Å². The molecular weight excluding hydrogens is 318 g/mol. The molecule has 0 saturated heterocycles. The number of hydrogen-bond donors (Lipinski definition) is 1. The lowest BCUT2D eigenvalue weighted by atomic mass is 10.1. The molecule has 0 aromatic heterocycles. The molecular formula is C12H17Br2N. The fourth-order valence-electron chi connectivity index (χ4n) is 1.32. The molecule has 0 aliphatic heterocycles. The average Bonchev–Trinajstić information content (AvgIpc) is 2.21. The van der Waals surface area contributed by atoms with Gasteiger partial charge in [0.15, 0.2) is 0 Å². The standard InChI is InChI=1S/C12H17Br2N/c1-9(2)12(7-13)15-8-10-3-5-11(14)6-4-10/h3-6,9,12,15H,7-8H2,1-2H3. The van der Waals surface area contributed by atoms with E-state index in [1.54, 1.807) is 0 Å². The van der Waals surface area contributed by atoms with E-state index in [1.807, 2.05) is 0 Å². The van der Waals surface area contributed by atoms with Gasteiger partial charge in [-0.25, -0.2) is 0 Å². The van der Waals surface area contributed by atoms with Crippen molar-refractivity contribution in [1.82, 2.24) is 5.32 Å². The molecule has 1 atom stereocenters. The second kappa shape index (κ2) is 6.66. The molecule has 0 radical (unpaired) electrons. The Labute approximate surface area is 109 Å². The van der Waals surface area contributed by atoms with E-state index in [0.29, 0.717) is 12.0 Å². The molecule has 15 heavy (non-hydrogen) atoms. The van der Waals surface area contributed by atoms with E-state index in [9.17, 15) is 0 Å². The van der Waals surface area contributed by atoms with Crippen LogP contribution in [-0.2, 0) is 6.54 Å². The Bertz CT molecular complexity index is 282. The van der Waals surface area contributed by atoms with Gasteiger partial charge >= 0.3 is 0 Å². The number of alkyl halides is 1. The van der Waals surface area contributed by atoms with Crippen LogP contribution in [0.3, 0.4) is 0 Å². The van der Waals surface area contributed by atoms with E-state index in [1.165, 1.54) is 5.56 Å². The maximum Gasteiger partial charge on any atom is 0.0208 e. The molecule has 0 bridgehead atoms. The molecule has 1 nitrogen and oxygen atoms in total. The molecule has 0 aliphatic rings. The number of benzene rings is 1. The van der Waals surface area contributed by atoms with Crippen molar-refractivity contribution in [2.24, 2.45) is 5.92 Å². The van der Waals surface area contributed by atoms with Gasteiger partial charge in [-0.15, -0.1) is 0 Å². The van der Waals surface area contributed by atoms with Crippen LogP contribution >= 0.6 is 31.9 Å². The normalized spacial score (nSPS) is 13.1. The van der Waals surface area contributed by atoms with Crippen LogP contribution in [0.4, 0.5) is 0 Å². The van der Waals surface area contributed by atoms with Crippen molar-refractivity contribution >= 4 is 31.9 Å². The third-order valence-electron chi connectivity index (χ3n) is 2.45. The summed E-state index contributed by atoms with van der Waals surface area (Å²) in [6.07, 6.45) is 0. The zero-order valence-electron chi connectivity index (χ0n) is 9.13. The lowest BCUT2D eigenvalue weighted by Crippen LogP contribution is -2.34. The van der Waals surface area contributed by atoms with Gasteiger partial charge in [-0.1, -0.05) is 57.8 Å². The highest BCUT2D eigenvalue weighted by atomic mass is 79.9. The topological polar surface area (TPSA) is 12.0 Å². The van der Waals surface area contributed by atoms with Gasteiger partial charge in [0.05, 0.1) is 0 Å². The lowest BCUT2D eigenvalue weighted by molar-refractivity contribution is 0.434. The maximum absolute atomic E-state index is 3.54. The minimum Gasteiger partial charge on any atom is -0.309 e.